The zero-order chi connectivity index (χ0) is 22.2. The summed E-state index contributed by atoms with van der Waals surface area (Å²) in [5.74, 6) is -1.36. The third-order valence-electron chi connectivity index (χ3n) is 5.28. The van der Waals surface area contributed by atoms with Crippen LogP contribution in [-0.4, -0.2) is 27.0 Å². The largest absolute Gasteiger partial charge is 0.476 e. The third kappa shape index (κ3) is 3.48. The number of aryl methyl sites for hydroxylation is 1. The Morgan fingerprint density at radius 2 is 1.81 bits per heavy atom. The van der Waals surface area contributed by atoms with Crippen molar-refractivity contribution in [3.8, 4) is 11.1 Å². The number of aromatic carboxylic acids is 1. The summed E-state index contributed by atoms with van der Waals surface area (Å²) in [5, 5.41) is 14.6. The maximum Gasteiger partial charge on any atom is 0.355 e. The Kier molecular flexibility index (Phi) is 4.88. The summed E-state index contributed by atoms with van der Waals surface area (Å²) in [6.45, 7) is 1.92. The van der Waals surface area contributed by atoms with Gasteiger partial charge >= 0.3 is 5.97 Å². The molecule has 0 aliphatic heterocycles. The number of hydrogen-bond acceptors (Lipinski definition) is 5. The molecule has 0 radical (unpaired) electrons. The summed E-state index contributed by atoms with van der Waals surface area (Å²) in [5.41, 5.74) is 3.44. The van der Waals surface area contributed by atoms with Gasteiger partial charge in [0, 0.05) is 17.3 Å². The lowest BCUT2D eigenvalue weighted by atomic mass is 9.93. The van der Waals surface area contributed by atoms with E-state index in [0.717, 1.165) is 32.1 Å². The third-order valence-corrected chi connectivity index (χ3v) is 6.24. The maximum absolute atomic E-state index is 13.2. The molecule has 0 unspecified atom stereocenters. The van der Waals surface area contributed by atoms with Crippen LogP contribution in [0.3, 0.4) is 0 Å². The number of carbonyl (C=O) groups is 2. The van der Waals surface area contributed by atoms with Gasteiger partial charge in [0.1, 0.15) is 0 Å². The number of aromatic nitrogens is 2. The van der Waals surface area contributed by atoms with Gasteiger partial charge in [0.05, 0.1) is 10.2 Å². The minimum absolute atomic E-state index is 0.0219. The number of carboxylic acids is 1. The van der Waals surface area contributed by atoms with Crippen molar-refractivity contribution in [1.29, 1.82) is 0 Å². The first-order valence-electron chi connectivity index (χ1n) is 9.90. The molecule has 0 saturated carbocycles. The first kappa shape index (κ1) is 19.8. The van der Waals surface area contributed by atoms with E-state index in [2.05, 4.69) is 15.3 Å². The smallest absolute Gasteiger partial charge is 0.355 e. The van der Waals surface area contributed by atoms with Crippen LogP contribution < -0.4 is 5.32 Å². The molecule has 0 aliphatic rings. The molecule has 7 heteroatoms. The Morgan fingerprint density at radius 1 is 0.969 bits per heavy atom. The Bertz CT molecular complexity index is 1490. The van der Waals surface area contributed by atoms with Gasteiger partial charge in [0.15, 0.2) is 10.8 Å². The number of rotatable bonds is 4. The van der Waals surface area contributed by atoms with E-state index in [9.17, 15) is 14.7 Å². The molecule has 0 aliphatic carbocycles. The minimum Gasteiger partial charge on any atom is -0.476 e. The average Bonchev–Trinajstić information content (AvgIpc) is 3.20. The first-order valence-corrected chi connectivity index (χ1v) is 10.7. The van der Waals surface area contributed by atoms with E-state index in [1.807, 2.05) is 55.5 Å². The number of thiazole rings is 1. The lowest BCUT2D eigenvalue weighted by Gasteiger charge is -2.13. The standard InChI is InChI=1S/C25H17N3O3S/c1-14-12-15-6-4-7-17(23(29)28-25-27-20-9-2-3-10-21(20)32-25)19(15)13-18(14)16-8-5-11-26-22(16)24(30)31/h2-13H,1H3,(H,30,31)(H,27,28,29). The minimum atomic E-state index is -1.10. The molecule has 2 heterocycles. The van der Waals surface area contributed by atoms with Gasteiger partial charge < -0.3 is 5.11 Å². The van der Waals surface area contributed by atoms with Crippen molar-refractivity contribution >= 4 is 49.3 Å². The highest BCUT2D eigenvalue weighted by Crippen LogP contribution is 2.32. The van der Waals surface area contributed by atoms with Crippen LogP contribution in [0.1, 0.15) is 26.4 Å². The zero-order valence-corrected chi connectivity index (χ0v) is 17.8. The number of benzene rings is 3. The summed E-state index contributed by atoms with van der Waals surface area (Å²) in [4.78, 5) is 33.4. The predicted octanol–water partition coefficient (Wildman–Crippen LogP) is 5.77. The van der Waals surface area contributed by atoms with Crippen LogP contribution in [0.5, 0.6) is 0 Å². The molecule has 5 aromatic rings. The quantitative estimate of drug-likeness (QED) is 0.371. The fraction of sp³-hybridized carbons (Fsp3) is 0.0400. The summed E-state index contributed by atoms with van der Waals surface area (Å²) < 4.78 is 0.997. The second kappa shape index (κ2) is 7.86. The average molecular weight is 439 g/mol. The van der Waals surface area contributed by atoms with E-state index in [1.165, 1.54) is 17.5 Å². The van der Waals surface area contributed by atoms with Gasteiger partial charge in [-0.25, -0.2) is 14.8 Å². The van der Waals surface area contributed by atoms with Gasteiger partial charge in [-0.15, -0.1) is 0 Å². The van der Waals surface area contributed by atoms with Gasteiger partial charge in [-0.1, -0.05) is 47.7 Å². The van der Waals surface area contributed by atoms with Gasteiger partial charge in [-0.05, 0) is 59.2 Å². The summed E-state index contributed by atoms with van der Waals surface area (Å²) in [6.07, 6.45) is 1.46. The number of anilines is 1. The number of pyridine rings is 1. The number of hydrogen-bond donors (Lipinski definition) is 2. The van der Waals surface area contributed by atoms with E-state index < -0.39 is 5.97 Å². The van der Waals surface area contributed by atoms with E-state index in [1.54, 1.807) is 18.2 Å². The lowest BCUT2D eigenvalue weighted by Crippen LogP contribution is -2.12. The molecule has 32 heavy (non-hydrogen) atoms. The maximum atomic E-state index is 13.2. The molecule has 0 saturated heterocycles. The van der Waals surface area contributed by atoms with Gasteiger partial charge in [0.25, 0.3) is 5.91 Å². The van der Waals surface area contributed by atoms with Crippen LogP contribution in [0.2, 0.25) is 0 Å². The van der Waals surface area contributed by atoms with Crippen LogP contribution in [0.25, 0.3) is 32.1 Å². The topological polar surface area (TPSA) is 92.2 Å². The van der Waals surface area contributed by atoms with Crippen LogP contribution >= 0.6 is 11.3 Å². The van der Waals surface area contributed by atoms with Crippen molar-refractivity contribution in [3.63, 3.8) is 0 Å². The van der Waals surface area contributed by atoms with Gasteiger partial charge in [-0.3, -0.25) is 10.1 Å². The molecular weight excluding hydrogens is 422 g/mol. The number of nitrogens with zero attached hydrogens (tertiary/aromatic N) is 2. The van der Waals surface area contributed by atoms with Crippen molar-refractivity contribution < 1.29 is 14.7 Å². The molecule has 0 spiro atoms. The van der Waals surface area contributed by atoms with Crippen LogP contribution in [-0.2, 0) is 0 Å². The molecule has 2 aromatic heterocycles. The molecule has 1 amide bonds. The Morgan fingerprint density at radius 3 is 2.62 bits per heavy atom. The first-order chi connectivity index (χ1) is 15.5. The number of fused-ring (bicyclic) bond motifs is 2. The second-order valence-corrected chi connectivity index (χ2v) is 8.37. The van der Waals surface area contributed by atoms with E-state index in [4.69, 9.17) is 0 Å². The monoisotopic (exact) mass is 439 g/mol. The molecule has 5 rings (SSSR count). The molecule has 0 atom stereocenters. The van der Waals surface area contributed by atoms with Crippen LogP contribution in [0.4, 0.5) is 5.13 Å². The SMILES string of the molecule is Cc1cc2cccc(C(=O)Nc3nc4ccccc4s3)c2cc1-c1cccnc1C(=O)O. The Labute approximate surface area is 187 Å². The second-order valence-electron chi connectivity index (χ2n) is 7.34. The van der Waals surface area contributed by atoms with Gasteiger partial charge in [-0.2, -0.15) is 0 Å². The molecule has 156 valence electrons. The summed E-state index contributed by atoms with van der Waals surface area (Å²) >= 11 is 1.42. The molecular formula is C25H17N3O3S. The molecule has 0 fully saturated rings. The zero-order valence-electron chi connectivity index (χ0n) is 17.0. The number of carboxylic acid groups (broad SMARTS) is 1. The number of nitrogens with one attached hydrogen (secondary N) is 1. The normalized spacial score (nSPS) is 11.0. The fourth-order valence-corrected chi connectivity index (χ4v) is 4.67. The van der Waals surface area contributed by atoms with E-state index in [0.29, 0.717) is 16.3 Å². The highest BCUT2D eigenvalue weighted by Gasteiger charge is 2.18. The fourth-order valence-electron chi connectivity index (χ4n) is 3.81. The Hall–Kier alpha value is -4.10. The Balaban J connectivity index is 1.60. The summed E-state index contributed by atoms with van der Waals surface area (Å²) in [7, 11) is 0. The number of amides is 1. The molecule has 0 bridgehead atoms. The molecule has 3 aromatic carbocycles. The highest BCUT2D eigenvalue weighted by molar-refractivity contribution is 7.22. The van der Waals surface area contributed by atoms with Crippen molar-refractivity contribution in [2.75, 3.05) is 5.32 Å². The lowest BCUT2D eigenvalue weighted by molar-refractivity contribution is 0.0691. The van der Waals surface area contributed by atoms with Crippen molar-refractivity contribution in [2.24, 2.45) is 0 Å². The number of para-hydroxylation sites is 1. The predicted molar refractivity (Wildman–Crippen MR) is 126 cm³/mol. The van der Waals surface area contributed by atoms with E-state index >= 15 is 0 Å². The molecule has 2 N–H and O–H groups in total. The van der Waals surface area contributed by atoms with Gasteiger partial charge in [0.2, 0.25) is 0 Å². The van der Waals surface area contributed by atoms with Crippen molar-refractivity contribution in [1.82, 2.24) is 9.97 Å². The van der Waals surface area contributed by atoms with E-state index in [-0.39, 0.29) is 11.6 Å². The summed E-state index contributed by atoms with van der Waals surface area (Å²) in [6, 6.07) is 20.5. The van der Waals surface area contributed by atoms with Crippen molar-refractivity contribution in [2.45, 2.75) is 6.92 Å². The van der Waals surface area contributed by atoms with Crippen LogP contribution in [0.15, 0.2) is 72.9 Å². The molecule has 6 nitrogen and oxygen atoms in total. The van der Waals surface area contributed by atoms with Crippen LogP contribution in [0, 0.1) is 6.92 Å². The number of carbonyl (C=O) groups excluding carboxylic acids is 1. The van der Waals surface area contributed by atoms with Crippen molar-refractivity contribution in [3.05, 3.63) is 89.7 Å². The highest BCUT2D eigenvalue weighted by atomic mass is 32.1.